The number of ether oxygens (including phenoxy) is 1. The van der Waals surface area contributed by atoms with Gasteiger partial charge in [0.05, 0.1) is 0 Å². The van der Waals surface area contributed by atoms with Gasteiger partial charge in [0, 0.05) is 12.3 Å². The third-order valence-corrected chi connectivity index (χ3v) is 2.62. The number of benzene rings is 1. The number of nitrogens with zero attached hydrogens (tertiary/aromatic N) is 1. The Morgan fingerprint density at radius 1 is 1.31 bits per heavy atom. The van der Waals surface area contributed by atoms with Crippen LogP contribution in [-0.4, -0.2) is 18.4 Å². The van der Waals surface area contributed by atoms with Crippen molar-refractivity contribution in [3.63, 3.8) is 0 Å². The zero-order valence-corrected chi connectivity index (χ0v) is 9.73. The van der Waals surface area contributed by atoms with Crippen LogP contribution in [0.4, 0.5) is 0 Å². The van der Waals surface area contributed by atoms with Crippen molar-refractivity contribution >= 4 is 17.5 Å². The average Bonchev–Trinajstić information content (AvgIpc) is 2.79. The summed E-state index contributed by atoms with van der Waals surface area (Å²) >= 11 is 5.54. The molecule has 2 nitrogen and oxygen atoms in total. The van der Waals surface area contributed by atoms with Crippen molar-refractivity contribution < 1.29 is 4.74 Å². The number of rotatable bonds is 4. The molecule has 1 atom stereocenters. The van der Waals surface area contributed by atoms with Crippen LogP contribution in [0.5, 0.6) is 0 Å². The van der Waals surface area contributed by atoms with Gasteiger partial charge in [0.15, 0.2) is 5.90 Å². The molecule has 0 aromatic heterocycles. The van der Waals surface area contributed by atoms with Crippen LogP contribution in [0.2, 0.25) is 0 Å². The smallest absolute Gasteiger partial charge is 0.187 e. The highest BCUT2D eigenvalue weighted by molar-refractivity contribution is 6.18. The maximum atomic E-state index is 5.54. The van der Waals surface area contributed by atoms with Crippen molar-refractivity contribution in [2.75, 3.05) is 12.5 Å². The van der Waals surface area contributed by atoms with Crippen molar-refractivity contribution in [3.05, 3.63) is 48.0 Å². The second-order valence-corrected chi connectivity index (χ2v) is 3.90. The zero-order chi connectivity index (χ0) is 11.2. The van der Waals surface area contributed by atoms with E-state index in [1.54, 1.807) is 0 Å². The number of allylic oxidation sites excluding steroid dienone is 1. The summed E-state index contributed by atoms with van der Waals surface area (Å²) in [4.78, 5) is 4.53. The van der Waals surface area contributed by atoms with Gasteiger partial charge >= 0.3 is 0 Å². The third-order valence-electron chi connectivity index (χ3n) is 2.44. The van der Waals surface area contributed by atoms with Crippen molar-refractivity contribution in [1.82, 2.24) is 0 Å². The molecule has 1 aliphatic rings. The Labute approximate surface area is 101 Å². The molecule has 0 unspecified atom stereocenters. The predicted molar refractivity (Wildman–Crippen MR) is 67.0 cm³/mol. The summed E-state index contributed by atoms with van der Waals surface area (Å²) in [5.41, 5.74) is 1.21. The molecule has 1 aliphatic heterocycles. The van der Waals surface area contributed by atoms with Crippen LogP contribution >= 0.6 is 11.6 Å². The molecule has 0 bridgehead atoms. The topological polar surface area (TPSA) is 21.6 Å². The second-order valence-electron chi connectivity index (χ2n) is 3.59. The predicted octanol–water partition coefficient (Wildman–Crippen LogP) is 3.34. The number of halogens is 1. The Morgan fingerprint density at radius 2 is 2.12 bits per heavy atom. The number of hydrogen-bond acceptors (Lipinski definition) is 2. The molecule has 0 fully saturated rings. The molecule has 0 spiro atoms. The Morgan fingerprint density at radius 3 is 2.88 bits per heavy atom. The van der Waals surface area contributed by atoms with Gasteiger partial charge in [-0.2, -0.15) is 0 Å². The molecule has 0 amide bonds. The normalized spacial score (nSPS) is 19.8. The van der Waals surface area contributed by atoms with E-state index in [0.29, 0.717) is 12.5 Å². The second kappa shape index (κ2) is 5.71. The Kier molecular flexibility index (Phi) is 4.00. The fourth-order valence-corrected chi connectivity index (χ4v) is 1.75. The van der Waals surface area contributed by atoms with Crippen molar-refractivity contribution in [2.45, 2.75) is 12.5 Å². The number of hydrogen-bond donors (Lipinski definition) is 0. The van der Waals surface area contributed by atoms with Crippen molar-refractivity contribution in [2.24, 2.45) is 4.99 Å². The fraction of sp³-hybridized carbons (Fsp3) is 0.308. The molecule has 84 valence electrons. The lowest BCUT2D eigenvalue weighted by molar-refractivity contribution is 0.314. The molecule has 0 radical (unpaired) electrons. The molecule has 0 saturated heterocycles. The lowest BCUT2D eigenvalue weighted by Crippen LogP contribution is -1.98. The van der Waals surface area contributed by atoms with Crippen molar-refractivity contribution in [3.8, 4) is 0 Å². The van der Waals surface area contributed by atoms with E-state index in [4.69, 9.17) is 16.3 Å². The van der Waals surface area contributed by atoms with Gasteiger partial charge in [0.1, 0.15) is 12.6 Å². The molecule has 1 aromatic carbocycles. The minimum atomic E-state index is 0.153. The molecule has 0 saturated carbocycles. The maximum Gasteiger partial charge on any atom is 0.187 e. The fourth-order valence-electron chi connectivity index (χ4n) is 1.63. The average molecular weight is 236 g/mol. The summed E-state index contributed by atoms with van der Waals surface area (Å²) in [6.45, 7) is 0.647. The van der Waals surface area contributed by atoms with Crippen LogP contribution in [0.25, 0.3) is 0 Å². The van der Waals surface area contributed by atoms with E-state index in [9.17, 15) is 0 Å². The first-order valence-electron chi connectivity index (χ1n) is 5.35. The SMILES string of the molecule is ClC/C=C/CC1=N[C@H](c2ccccc2)CO1. The maximum absolute atomic E-state index is 5.54. The van der Waals surface area contributed by atoms with E-state index in [-0.39, 0.29) is 6.04 Å². The quantitative estimate of drug-likeness (QED) is 0.579. The first-order valence-corrected chi connectivity index (χ1v) is 5.89. The van der Waals surface area contributed by atoms with Crippen molar-refractivity contribution in [1.29, 1.82) is 0 Å². The lowest BCUT2D eigenvalue weighted by Gasteiger charge is -2.03. The monoisotopic (exact) mass is 235 g/mol. The molecule has 3 heteroatoms. The van der Waals surface area contributed by atoms with Crippen LogP contribution in [0.1, 0.15) is 18.0 Å². The molecule has 0 aliphatic carbocycles. The van der Waals surface area contributed by atoms with Gasteiger partial charge in [0.25, 0.3) is 0 Å². The minimum Gasteiger partial charge on any atom is -0.478 e. The Bertz CT molecular complexity index is 386. The van der Waals surface area contributed by atoms with Gasteiger partial charge in [-0.3, -0.25) is 0 Å². The number of aliphatic imine (C=N–C) groups is 1. The van der Waals surface area contributed by atoms with Crippen LogP contribution in [0.3, 0.4) is 0 Å². The van der Waals surface area contributed by atoms with E-state index in [1.165, 1.54) is 5.56 Å². The summed E-state index contributed by atoms with van der Waals surface area (Å²) in [5.74, 6) is 1.34. The Balaban J connectivity index is 1.98. The summed E-state index contributed by atoms with van der Waals surface area (Å²) in [5, 5.41) is 0. The van der Waals surface area contributed by atoms with Crippen LogP contribution in [0, 0.1) is 0 Å². The third kappa shape index (κ3) is 2.86. The summed E-state index contributed by atoms with van der Waals surface area (Å²) in [6.07, 6.45) is 4.62. The minimum absolute atomic E-state index is 0.153. The van der Waals surface area contributed by atoms with Crippen LogP contribution in [-0.2, 0) is 4.74 Å². The molecule has 16 heavy (non-hydrogen) atoms. The van der Waals surface area contributed by atoms with Gasteiger partial charge in [-0.25, -0.2) is 4.99 Å². The number of alkyl halides is 1. The van der Waals surface area contributed by atoms with Gasteiger partial charge in [0.2, 0.25) is 0 Å². The van der Waals surface area contributed by atoms with E-state index < -0.39 is 0 Å². The van der Waals surface area contributed by atoms with E-state index in [2.05, 4.69) is 17.1 Å². The standard InChI is InChI=1S/C13H14ClNO/c14-9-5-4-8-13-15-12(10-16-13)11-6-2-1-3-7-11/h1-7,12H,8-10H2/b5-4+/t12-/m0/s1. The zero-order valence-electron chi connectivity index (χ0n) is 8.97. The highest BCUT2D eigenvalue weighted by atomic mass is 35.5. The van der Waals surface area contributed by atoms with E-state index in [1.807, 2.05) is 30.4 Å². The lowest BCUT2D eigenvalue weighted by atomic mass is 10.1. The summed E-state index contributed by atoms with van der Waals surface area (Å²) in [7, 11) is 0. The highest BCUT2D eigenvalue weighted by Gasteiger charge is 2.18. The molecule has 2 rings (SSSR count). The summed E-state index contributed by atoms with van der Waals surface area (Å²) in [6, 6.07) is 10.4. The van der Waals surface area contributed by atoms with Crippen LogP contribution < -0.4 is 0 Å². The first-order chi connectivity index (χ1) is 7.90. The molecule has 1 aromatic rings. The van der Waals surface area contributed by atoms with Gasteiger partial charge in [-0.1, -0.05) is 42.5 Å². The molecular formula is C13H14ClNO. The van der Waals surface area contributed by atoms with Gasteiger partial charge < -0.3 is 4.74 Å². The van der Waals surface area contributed by atoms with E-state index in [0.717, 1.165) is 12.3 Å². The van der Waals surface area contributed by atoms with Gasteiger partial charge in [-0.05, 0) is 5.56 Å². The van der Waals surface area contributed by atoms with E-state index >= 15 is 0 Å². The van der Waals surface area contributed by atoms with Crippen LogP contribution in [0.15, 0.2) is 47.5 Å². The molecule has 0 N–H and O–H groups in total. The largest absolute Gasteiger partial charge is 0.478 e. The molecule has 1 heterocycles. The van der Waals surface area contributed by atoms with Gasteiger partial charge in [-0.15, -0.1) is 11.6 Å². The Hall–Kier alpha value is -1.28. The highest BCUT2D eigenvalue weighted by Crippen LogP contribution is 2.23. The first kappa shape index (κ1) is 11.2. The summed E-state index contributed by atoms with van der Waals surface area (Å²) < 4.78 is 5.52. The molecular weight excluding hydrogens is 222 g/mol.